The minimum absolute atomic E-state index is 0.650. The highest BCUT2D eigenvalue weighted by molar-refractivity contribution is 4.98. The number of nitrogens with one attached hydrogen (secondary N) is 1. The second-order valence-corrected chi connectivity index (χ2v) is 4.68. The van der Waals surface area contributed by atoms with Crippen LogP contribution in [0.15, 0.2) is 0 Å². The molecule has 0 aromatic heterocycles. The Labute approximate surface area is 69.6 Å². The summed E-state index contributed by atoms with van der Waals surface area (Å²) in [4.78, 5) is 0. The first-order valence-corrected chi connectivity index (χ1v) is 4.96. The Bertz CT molecular complexity index is 151. The van der Waals surface area contributed by atoms with Crippen molar-refractivity contribution in [3.05, 3.63) is 0 Å². The van der Waals surface area contributed by atoms with Crippen LogP contribution >= 0.6 is 0 Å². The molecule has 3 unspecified atom stereocenters. The van der Waals surface area contributed by atoms with E-state index in [1.165, 1.54) is 32.2 Å². The van der Waals surface area contributed by atoms with Crippen molar-refractivity contribution in [1.82, 2.24) is 5.32 Å². The van der Waals surface area contributed by atoms with Crippen molar-refractivity contribution in [1.29, 1.82) is 0 Å². The van der Waals surface area contributed by atoms with Gasteiger partial charge in [-0.2, -0.15) is 0 Å². The van der Waals surface area contributed by atoms with E-state index in [0.717, 1.165) is 12.0 Å². The average molecular weight is 153 g/mol. The highest BCUT2D eigenvalue weighted by atomic mass is 15.0. The second-order valence-electron chi connectivity index (χ2n) is 4.68. The van der Waals surface area contributed by atoms with E-state index in [1.807, 2.05) is 0 Å². The van der Waals surface area contributed by atoms with Gasteiger partial charge >= 0.3 is 0 Å². The summed E-state index contributed by atoms with van der Waals surface area (Å²) in [7, 11) is 0. The Kier molecular flexibility index (Phi) is 1.71. The molecule has 2 rings (SSSR count). The van der Waals surface area contributed by atoms with E-state index in [0.29, 0.717) is 5.41 Å². The van der Waals surface area contributed by atoms with Gasteiger partial charge in [-0.25, -0.2) is 0 Å². The van der Waals surface area contributed by atoms with Gasteiger partial charge in [0.15, 0.2) is 0 Å². The van der Waals surface area contributed by atoms with E-state index in [2.05, 4.69) is 19.2 Å². The summed E-state index contributed by atoms with van der Waals surface area (Å²) in [6, 6.07) is 0.778. The summed E-state index contributed by atoms with van der Waals surface area (Å²) < 4.78 is 0. The Balaban J connectivity index is 2.14. The van der Waals surface area contributed by atoms with Crippen LogP contribution in [0.4, 0.5) is 0 Å². The summed E-state index contributed by atoms with van der Waals surface area (Å²) in [5.41, 5.74) is 0.650. The first-order chi connectivity index (χ1) is 5.22. The lowest BCUT2D eigenvalue weighted by Gasteiger charge is -2.36. The van der Waals surface area contributed by atoms with Crippen molar-refractivity contribution in [3.8, 4) is 0 Å². The molecular weight excluding hydrogens is 134 g/mol. The van der Waals surface area contributed by atoms with Crippen LogP contribution in [0.3, 0.4) is 0 Å². The highest BCUT2D eigenvalue weighted by Crippen LogP contribution is 2.45. The molecule has 1 saturated heterocycles. The summed E-state index contributed by atoms with van der Waals surface area (Å²) in [5.74, 6) is 0.969. The van der Waals surface area contributed by atoms with Crippen LogP contribution in [0, 0.1) is 11.3 Å². The first-order valence-electron chi connectivity index (χ1n) is 4.96. The SMILES string of the molecule is CC1NCC2(C)CCCCC12. The zero-order valence-electron chi connectivity index (χ0n) is 7.69. The monoisotopic (exact) mass is 153 g/mol. The van der Waals surface area contributed by atoms with Crippen molar-refractivity contribution in [2.24, 2.45) is 11.3 Å². The summed E-state index contributed by atoms with van der Waals surface area (Å²) in [6.07, 6.45) is 5.84. The van der Waals surface area contributed by atoms with Crippen molar-refractivity contribution in [2.45, 2.75) is 45.6 Å². The molecule has 64 valence electrons. The molecule has 3 atom stereocenters. The molecule has 1 aliphatic carbocycles. The normalized spacial score (nSPS) is 50.7. The zero-order valence-corrected chi connectivity index (χ0v) is 7.69. The molecule has 1 nitrogen and oxygen atoms in total. The maximum absolute atomic E-state index is 3.60. The molecule has 0 bridgehead atoms. The maximum Gasteiger partial charge on any atom is 0.00729 e. The lowest BCUT2D eigenvalue weighted by molar-refractivity contribution is 0.158. The van der Waals surface area contributed by atoms with Gasteiger partial charge in [0.05, 0.1) is 0 Å². The van der Waals surface area contributed by atoms with Gasteiger partial charge < -0.3 is 5.32 Å². The minimum Gasteiger partial charge on any atom is -0.313 e. The van der Waals surface area contributed by atoms with Gasteiger partial charge in [0, 0.05) is 12.6 Å². The van der Waals surface area contributed by atoms with E-state index in [1.54, 1.807) is 0 Å². The van der Waals surface area contributed by atoms with Crippen LogP contribution in [0.5, 0.6) is 0 Å². The summed E-state index contributed by atoms with van der Waals surface area (Å²) in [5, 5.41) is 3.60. The van der Waals surface area contributed by atoms with E-state index >= 15 is 0 Å². The number of rotatable bonds is 0. The summed E-state index contributed by atoms with van der Waals surface area (Å²) in [6.45, 7) is 6.08. The number of hydrogen-bond donors (Lipinski definition) is 1. The van der Waals surface area contributed by atoms with Crippen LogP contribution in [0.1, 0.15) is 39.5 Å². The molecule has 11 heavy (non-hydrogen) atoms. The maximum atomic E-state index is 3.60. The van der Waals surface area contributed by atoms with Gasteiger partial charge in [-0.1, -0.05) is 19.8 Å². The Hall–Kier alpha value is -0.0400. The van der Waals surface area contributed by atoms with Gasteiger partial charge in [-0.05, 0) is 31.1 Å². The fraction of sp³-hybridized carbons (Fsp3) is 1.00. The third-order valence-electron chi connectivity index (χ3n) is 3.84. The van der Waals surface area contributed by atoms with Crippen molar-refractivity contribution >= 4 is 0 Å². The van der Waals surface area contributed by atoms with Gasteiger partial charge in [0.25, 0.3) is 0 Å². The predicted molar refractivity (Wildman–Crippen MR) is 47.5 cm³/mol. The first kappa shape index (κ1) is 7.60. The van der Waals surface area contributed by atoms with E-state index in [4.69, 9.17) is 0 Å². The molecule has 1 saturated carbocycles. The number of fused-ring (bicyclic) bond motifs is 1. The fourth-order valence-corrected chi connectivity index (χ4v) is 3.04. The average Bonchev–Trinajstić information content (AvgIpc) is 2.29. The van der Waals surface area contributed by atoms with Crippen LogP contribution in [-0.2, 0) is 0 Å². The van der Waals surface area contributed by atoms with Crippen molar-refractivity contribution in [3.63, 3.8) is 0 Å². The van der Waals surface area contributed by atoms with E-state index in [-0.39, 0.29) is 0 Å². The second kappa shape index (κ2) is 2.48. The Morgan fingerprint density at radius 1 is 1.36 bits per heavy atom. The topological polar surface area (TPSA) is 12.0 Å². The third-order valence-corrected chi connectivity index (χ3v) is 3.84. The van der Waals surface area contributed by atoms with Crippen LogP contribution in [0.2, 0.25) is 0 Å². The van der Waals surface area contributed by atoms with Crippen molar-refractivity contribution in [2.75, 3.05) is 6.54 Å². The van der Waals surface area contributed by atoms with Crippen LogP contribution in [0.25, 0.3) is 0 Å². The van der Waals surface area contributed by atoms with Crippen molar-refractivity contribution < 1.29 is 0 Å². The number of hydrogen-bond acceptors (Lipinski definition) is 1. The molecule has 0 aromatic rings. The highest BCUT2D eigenvalue weighted by Gasteiger charge is 2.43. The fourth-order valence-electron chi connectivity index (χ4n) is 3.04. The van der Waals surface area contributed by atoms with Gasteiger partial charge in [0.2, 0.25) is 0 Å². The van der Waals surface area contributed by atoms with Gasteiger partial charge in [-0.15, -0.1) is 0 Å². The molecule has 1 heteroatoms. The molecular formula is C10H19N. The molecule has 0 aromatic carbocycles. The lowest BCUT2D eigenvalue weighted by atomic mass is 9.68. The van der Waals surface area contributed by atoms with E-state index in [9.17, 15) is 0 Å². The molecule has 0 radical (unpaired) electrons. The van der Waals surface area contributed by atoms with Gasteiger partial charge in [0.1, 0.15) is 0 Å². The molecule has 0 amide bonds. The zero-order chi connectivity index (χ0) is 7.90. The largest absolute Gasteiger partial charge is 0.313 e. The Morgan fingerprint density at radius 2 is 2.18 bits per heavy atom. The molecule has 2 fully saturated rings. The molecule has 2 aliphatic rings. The lowest BCUT2D eigenvalue weighted by Crippen LogP contribution is -2.31. The Morgan fingerprint density at radius 3 is 2.91 bits per heavy atom. The van der Waals surface area contributed by atoms with Crippen LogP contribution < -0.4 is 5.32 Å². The molecule has 0 spiro atoms. The van der Waals surface area contributed by atoms with E-state index < -0.39 is 0 Å². The molecule has 1 heterocycles. The summed E-state index contributed by atoms with van der Waals surface area (Å²) >= 11 is 0. The quantitative estimate of drug-likeness (QED) is 0.562. The molecule has 1 N–H and O–H groups in total. The molecule has 1 aliphatic heterocycles. The van der Waals surface area contributed by atoms with Crippen LogP contribution in [-0.4, -0.2) is 12.6 Å². The standard InChI is InChI=1S/C10H19N/c1-8-9-5-3-4-6-10(9,2)7-11-8/h8-9,11H,3-7H2,1-2H3. The third kappa shape index (κ3) is 1.10. The van der Waals surface area contributed by atoms with Gasteiger partial charge in [-0.3, -0.25) is 0 Å². The smallest absolute Gasteiger partial charge is 0.00729 e. The predicted octanol–water partition coefficient (Wildman–Crippen LogP) is 2.17. The minimum atomic E-state index is 0.650.